The van der Waals surface area contributed by atoms with E-state index in [0.717, 1.165) is 4.47 Å². The lowest BCUT2D eigenvalue weighted by Crippen LogP contribution is -2.41. The lowest BCUT2D eigenvalue weighted by Gasteiger charge is -2.19. The zero-order valence-electron chi connectivity index (χ0n) is 9.27. The van der Waals surface area contributed by atoms with Gasteiger partial charge in [0.1, 0.15) is 0 Å². The number of nitrogens with zero attached hydrogens (tertiary/aromatic N) is 1. The summed E-state index contributed by atoms with van der Waals surface area (Å²) in [5.41, 5.74) is 0.480. The Morgan fingerprint density at radius 3 is 2.75 bits per heavy atom. The standard InChI is InChI=1S/C11H15BrN2O2/c1-7(2)10(6-15)14-11(16)8-3-9(12)5-13-4-8/h3-5,7,10,15H,6H2,1-2H3,(H,14,16). The lowest BCUT2D eigenvalue weighted by molar-refractivity contribution is 0.0896. The van der Waals surface area contributed by atoms with Gasteiger partial charge in [-0.05, 0) is 27.9 Å². The van der Waals surface area contributed by atoms with Crippen LogP contribution in [-0.2, 0) is 0 Å². The van der Waals surface area contributed by atoms with E-state index in [1.165, 1.54) is 6.20 Å². The van der Waals surface area contributed by atoms with Gasteiger partial charge in [0.05, 0.1) is 18.2 Å². The summed E-state index contributed by atoms with van der Waals surface area (Å²) in [5.74, 6) is -0.0318. The zero-order valence-corrected chi connectivity index (χ0v) is 10.9. The summed E-state index contributed by atoms with van der Waals surface area (Å²) in [5, 5.41) is 11.9. The molecule has 4 nitrogen and oxygen atoms in total. The van der Waals surface area contributed by atoms with Crippen molar-refractivity contribution in [2.24, 2.45) is 5.92 Å². The first kappa shape index (κ1) is 13.1. The van der Waals surface area contributed by atoms with Crippen LogP contribution < -0.4 is 5.32 Å². The molecule has 0 bridgehead atoms. The van der Waals surface area contributed by atoms with E-state index in [2.05, 4.69) is 26.2 Å². The van der Waals surface area contributed by atoms with Crippen LogP contribution in [0.4, 0.5) is 0 Å². The van der Waals surface area contributed by atoms with E-state index < -0.39 is 0 Å². The Kier molecular flexibility index (Phi) is 4.89. The molecule has 0 spiro atoms. The molecule has 0 saturated carbocycles. The van der Waals surface area contributed by atoms with Crippen LogP contribution in [0.2, 0.25) is 0 Å². The van der Waals surface area contributed by atoms with E-state index in [9.17, 15) is 4.79 Å². The summed E-state index contributed by atoms with van der Waals surface area (Å²) >= 11 is 3.25. The van der Waals surface area contributed by atoms with Crippen molar-refractivity contribution < 1.29 is 9.90 Å². The van der Waals surface area contributed by atoms with Crippen molar-refractivity contribution in [3.8, 4) is 0 Å². The van der Waals surface area contributed by atoms with Crippen molar-refractivity contribution in [1.82, 2.24) is 10.3 Å². The third-order valence-electron chi connectivity index (χ3n) is 2.28. The second kappa shape index (κ2) is 5.96. The van der Waals surface area contributed by atoms with Crippen LogP contribution in [0, 0.1) is 5.92 Å². The Hall–Kier alpha value is -0.940. The number of carbonyl (C=O) groups is 1. The molecule has 0 aliphatic rings. The van der Waals surface area contributed by atoms with Gasteiger partial charge in [0.15, 0.2) is 0 Å². The molecule has 0 radical (unpaired) electrons. The molecule has 0 fully saturated rings. The van der Waals surface area contributed by atoms with Gasteiger partial charge in [0.25, 0.3) is 5.91 Å². The van der Waals surface area contributed by atoms with E-state index in [4.69, 9.17) is 5.11 Å². The summed E-state index contributed by atoms with van der Waals surface area (Å²) in [4.78, 5) is 15.7. The highest BCUT2D eigenvalue weighted by Crippen LogP contribution is 2.10. The summed E-state index contributed by atoms with van der Waals surface area (Å²) in [6.45, 7) is 3.82. The number of carbonyl (C=O) groups excluding carboxylic acids is 1. The number of aromatic nitrogens is 1. The molecule has 1 amide bonds. The number of aliphatic hydroxyl groups excluding tert-OH is 1. The SMILES string of the molecule is CC(C)C(CO)NC(=O)c1cncc(Br)c1. The van der Waals surface area contributed by atoms with Gasteiger partial charge >= 0.3 is 0 Å². The van der Waals surface area contributed by atoms with Crippen LogP contribution in [0.25, 0.3) is 0 Å². The molecule has 2 N–H and O–H groups in total. The average Bonchev–Trinajstić information content (AvgIpc) is 2.25. The Bertz CT molecular complexity index is 369. The van der Waals surface area contributed by atoms with Crippen molar-refractivity contribution in [1.29, 1.82) is 0 Å². The van der Waals surface area contributed by atoms with E-state index in [0.29, 0.717) is 5.56 Å². The highest BCUT2D eigenvalue weighted by Gasteiger charge is 2.16. The monoisotopic (exact) mass is 286 g/mol. The fraction of sp³-hybridized carbons (Fsp3) is 0.455. The number of hydrogen-bond donors (Lipinski definition) is 2. The molecule has 1 atom stereocenters. The minimum Gasteiger partial charge on any atom is -0.394 e. The smallest absolute Gasteiger partial charge is 0.253 e. The molecule has 5 heteroatoms. The second-order valence-corrected chi connectivity index (χ2v) is 4.81. The van der Waals surface area contributed by atoms with Gasteiger partial charge in [-0.15, -0.1) is 0 Å². The number of aliphatic hydroxyl groups is 1. The van der Waals surface area contributed by atoms with Crippen molar-refractivity contribution in [3.05, 3.63) is 28.5 Å². The molecule has 0 saturated heterocycles. The van der Waals surface area contributed by atoms with E-state index >= 15 is 0 Å². The van der Waals surface area contributed by atoms with Crippen LogP contribution in [0.5, 0.6) is 0 Å². The number of rotatable bonds is 4. The summed E-state index contributed by atoms with van der Waals surface area (Å²) in [6.07, 6.45) is 3.11. The molecule has 1 aromatic rings. The van der Waals surface area contributed by atoms with Crippen molar-refractivity contribution >= 4 is 21.8 Å². The molecular formula is C11H15BrN2O2. The van der Waals surface area contributed by atoms with E-state index in [-0.39, 0.29) is 24.5 Å². The molecule has 1 unspecified atom stereocenters. The van der Waals surface area contributed by atoms with Crippen molar-refractivity contribution in [2.75, 3.05) is 6.61 Å². The molecule has 0 aliphatic carbocycles. The lowest BCUT2D eigenvalue weighted by atomic mass is 10.1. The highest BCUT2D eigenvalue weighted by atomic mass is 79.9. The minimum absolute atomic E-state index is 0.0646. The summed E-state index contributed by atoms with van der Waals surface area (Å²) < 4.78 is 0.755. The molecule has 88 valence electrons. The molecular weight excluding hydrogens is 272 g/mol. The van der Waals surface area contributed by atoms with Crippen LogP contribution in [0.1, 0.15) is 24.2 Å². The molecule has 0 aromatic carbocycles. The normalized spacial score (nSPS) is 12.6. The molecule has 1 aromatic heterocycles. The number of halogens is 1. The fourth-order valence-corrected chi connectivity index (χ4v) is 1.58. The Morgan fingerprint density at radius 2 is 2.25 bits per heavy atom. The minimum atomic E-state index is -0.230. The molecule has 1 rings (SSSR count). The fourth-order valence-electron chi connectivity index (χ4n) is 1.21. The first-order valence-corrected chi connectivity index (χ1v) is 5.86. The van der Waals surface area contributed by atoms with Gasteiger partial charge in [0, 0.05) is 16.9 Å². The zero-order chi connectivity index (χ0) is 12.1. The Balaban J connectivity index is 2.72. The highest BCUT2D eigenvalue weighted by molar-refractivity contribution is 9.10. The predicted octanol–water partition coefficient (Wildman–Crippen LogP) is 1.59. The van der Waals surface area contributed by atoms with Gasteiger partial charge in [-0.3, -0.25) is 9.78 Å². The first-order valence-electron chi connectivity index (χ1n) is 5.07. The maximum Gasteiger partial charge on any atom is 0.253 e. The van der Waals surface area contributed by atoms with Crippen LogP contribution in [0.3, 0.4) is 0 Å². The van der Waals surface area contributed by atoms with Crippen molar-refractivity contribution in [2.45, 2.75) is 19.9 Å². The average molecular weight is 287 g/mol. The third-order valence-corrected chi connectivity index (χ3v) is 2.72. The number of hydrogen-bond acceptors (Lipinski definition) is 3. The number of nitrogens with one attached hydrogen (secondary N) is 1. The topological polar surface area (TPSA) is 62.2 Å². The Morgan fingerprint density at radius 1 is 1.56 bits per heavy atom. The Labute approximate surface area is 103 Å². The quantitative estimate of drug-likeness (QED) is 0.884. The van der Waals surface area contributed by atoms with Gasteiger partial charge in [-0.2, -0.15) is 0 Å². The summed E-state index contributed by atoms with van der Waals surface area (Å²) in [7, 11) is 0. The maximum absolute atomic E-state index is 11.8. The second-order valence-electron chi connectivity index (χ2n) is 3.90. The largest absolute Gasteiger partial charge is 0.394 e. The van der Waals surface area contributed by atoms with Crippen LogP contribution in [0.15, 0.2) is 22.9 Å². The van der Waals surface area contributed by atoms with Crippen molar-refractivity contribution in [3.63, 3.8) is 0 Å². The summed E-state index contributed by atoms with van der Waals surface area (Å²) in [6, 6.07) is 1.46. The van der Waals surface area contributed by atoms with Gasteiger partial charge in [0.2, 0.25) is 0 Å². The molecule has 1 heterocycles. The van der Waals surface area contributed by atoms with Gasteiger partial charge in [-0.1, -0.05) is 13.8 Å². The number of pyridine rings is 1. The van der Waals surface area contributed by atoms with Crippen LogP contribution in [-0.4, -0.2) is 28.6 Å². The predicted molar refractivity (Wildman–Crippen MR) is 65.1 cm³/mol. The van der Waals surface area contributed by atoms with Gasteiger partial charge in [-0.25, -0.2) is 0 Å². The number of amides is 1. The van der Waals surface area contributed by atoms with Gasteiger partial charge < -0.3 is 10.4 Å². The maximum atomic E-state index is 11.8. The van der Waals surface area contributed by atoms with Crippen LogP contribution >= 0.6 is 15.9 Å². The molecule has 0 aliphatic heterocycles. The van der Waals surface area contributed by atoms with E-state index in [1.54, 1.807) is 12.3 Å². The molecule has 16 heavy (non-hydrogen) atoms. The first-order chi connectivity index (χ1) is 7.54. The third kappa shape index (κ3) is 3.57. The van der Waals surface area contributed by atoms with E-state index in [1.807, 2.05) is 13.8 Å².